The number of carbonyl (C=O) groups is 2. The Labute approximate surface area is 164 Å². The van der Waals surface area contributed by atoms with E-state index in [2.05, 4.69) is 10.3 Å². The number of rotatable bonds is 5. The number of nitrogens with zero attached hydrogens (tertiary/aromatic N) is 1. The zero-order valence-electron chi connectivity index (χ0n) is 14.2. The average molecular weight is 403 g/mol. The first-order valence-electron chi connectivity index (χ1n) is 7.91. The molecular formula is C19H15ClN2O4S. The number of halogens is 1. The van der Waals surface area contributed by atoms with E-state index in [1.54, 1.807) is 24.3 Å². The number of hydrogen-bond donors (Lipinski definition) is 2. The summed E-state index contributed by atoms with van der Waals surface area (Å²) in [5.74, 6) is -1.06. The minimum absolute atomic E-state index is 0.242. The van der Waals surface area contributed by atoms with Crippen LogP contribution in [0.2, 0.25) is 5.02 Å². The number of aliphatic imine (C=N–C) groups is 1. The maximum atomic E-state index is 12.2. The molecule has 2 aromatic carbocycles. The van der Waals surface area contributed by atoms with Crippen molar-refractivity contribution in [3.63, 3.8) is 0 Å². The molecule has 3 rings (SSSR count). The summed E-state index contributed by atoms with van der Waals surface area (Å²) in [5, 5.41) is 12.1. The first-order valence-corrected chi connectivity index (χ1v) is 9.10. The third-order valence-electron chi connectivity index (χ3n) is 3.52. The second-order valence-corrected chi connectivity index (χ2v) is 7.13. The van der Waals surface area contributed by atoms with Crippen LogP contribution >= 0.6 is 23.4 Å². The summed E-state index contributed by atoms with van der Waals surface area (Å²) in [7, 11) is 0. The molecule has 1 saturated heterocycles. The highest BCUT2D eigenvalue weighted by molar-refractivity contribution is 8.18. The maximum absolute atomic E-state index is 12.2. The van der Waals surface area contributed by atoms with Crippen LogP contribution in [-0.2, 0) is 9.59 Å². The Kier molecular flexibility index (Phi) is 5.83. The molecule has 27 heavy (non-hydrogen) atoms. The number of carboxylic acid groups (broad SMARTS) is 1. The monoisotopic (exact) mass is 402 g/mol. The summed E-state index contributed by atoms with van der Waals surface area (Å²) in [4.78, 5) is 27.6. The van der Waals surface area contributed by atoms with Gasteiger partial charge in [0.15, 0.2) is 11.8 Å². The smallest absolute Gasteiger partial charge is 0.341 e. The minimum Gasteiger partial charge on any atom is -0.480 e. The van der Waals surface area contributed by atoms with Crippen LogP contribution in [0.25, 0.3) is 6.08 Å². The fourth-order valence-electron chi connectivity index (χ4n) is 2.23. The third kappa shape index (κ3) is 5.12. The minimum atomic E-state index is -1.09. The molecule has 0 aliphatic carbocycles. The van der Waals surface area contributed by atoms with E-state index in [1.807, 2.05) is 31.2 Å². The number of aliphatic carboxylic acids is 1. The highest BCUT2D eigenvalue weighted by atomic mass is 35.5. The van der Waals surface area contributed by atoms with Crippen molar-refractivity contribution in [2.24, 2.45) is 4.99 Å². The van der Waals surface area contributed by atoms with Gasteiger partial charge < -0.3 is 15.2 Å². The Morgan fingerprint density at radius 1 is 1.30 bits per heavy atom. The lowest BCUT2D eigenvalue weighted by molar-refractivity contribution is -0.139. The van der Waals surface area contributed by atoms with Gasteiger partial charge in [-0.2, -0.15) is 0 Å². The van der Waals surface area contributed by atoms with E-state index < -0.39 is 12.6 Å². The van der Waals surface area contributed by atoms with E-state index >= 15 is 0 Å². The van der Waals surface area contributed by atoms with Gasteiger partial charge in [0, 0.05) is 0 Å². The summed E-state index contributed by atoms with van der Waals surface area (Å²) >= 11 is 7.34. The molecule has 0 radical (unpaired) electrons. The molecule has 1 aliphatic heterocycles. The normalized spacial score (nSPS) is 16.6. The number of ether oxygens (including phenoxy) is 1. The number of thioether (sulfide) groups is 1. The molecule has 0 saturated carbocycles. The van der Waals surface area contributed by atoms with Crippen molar-refractivity contribution in [2.75, 3.05) is 6.61 Å². The molecular weight excluding hydrogens is 388 g/mol. The molecule has 8 heteroatoms. The van der Waals surface area contributed by atoms with Gasteiger partial charge in [0.05, 0.1) is 15.6 Å². The van der Waals surface area contributed by atoms with Crippen LogP contribution in [0, 0.1) is 6.92 Å². The Bertz CT molecular complexity index is 955. The van der Waals surface area contributed by atoms with Crippen molar-refractivity contribution in [3.05, 3.63) is 63.5 Å². The van der Waals surface area contributed by atoms with Gasteiger partial charge in [-0.3, -0.25) is 4.79 Å². The molecule has 1 aliphatic rings. The van der Waals surface area contributed by atoms with Gasteiger partial charge in [0.1, 0.15) is 5.75 Å². The summed E-state index contributed by atoms with van der Waals surface area (Å²) in [5.41, 5.74) is 2.58. The van der Waals surface area contributed by atoms with Crippen LogP contribution in [0.4, 0.5) is 5.69 Å². The Morgan fingerprint density at radius 3 is 2.70 bits per heavy atom. The zero-order valence-corrected chi connectivity index (χ0v) is 15.8. The molecule has 1 heterocycles. The van der Waals surface area contributed by atoms with Crippen LogP contribution in [0.1, 0.15) is 11.1 Å². The van der Waals surface area contributed by atoms with Gasteiger partial charge >= 0.3 is 5.97 Å². The summed E-state index contributed by atoms with van der Waals surface area (Å²) in [6.07, 6.45) is 1.69. The quantitative estimate of drug-likeness (QED) is 0.738. The number of benzene rings is 2. The lowest BCUT2D eigenvalue weighted by Gasteiger charge is -2.06. The fourth-order valence-corrected chi connectivity index (χ4v) is 3.32. The standard InChI is InChI=1S/C19H15ClN2O4S/c1-11-2-5-13(6-3-11)21-19-22-18(25)16(27-19)9-12-4-7-15(14(20)8-12)26-10-17(23)24/h2-9H,10H2,1H3,(H,23,24)(H,21,22,25)/b16-9-. The Morgan fingerprint density at radius 2 is 2.04 bits per heavy atom. The SMILES string of the molecule is Cc1ccc(N=C2NC(=O)/C(=C/c3ccc(OCC(=O)O)c(Cl)c3)S2)cc1. The van der Waals surface area contributed by atoms with Gasteiger partial charge in [0.25, 0.3) is 5.91 Å². The van der Waals surface area contributed by atoms with Crippen LogP contribution in [0.3, 0.4) is 0 Å². The van der Waals surface area contributed by atoms with Crippen molar-refractivity contribution in [3.8, 4) is 5.75 Å². The lowest BCUT2D eigenvalue weighted by Crippen LogP contribution is -2.19. The average Bonchev–Trinajstić information content (AvgIpc) is 2.95. The van der Waals surface area contributed by atoms with E-state index in [0.29, 0.717) is 15.6 Å². The highest BCUT2D eigenvalue weighted by Crippen LogP contribution is 2.31. The summed E-state index contributed by atoms with van der Waals surface area (Å²) in [6, 6.07) is 12.5. The molecule has 0 aromatic heterocycles. The first kappa shape index (κ1) is 19.0. The second-order valence-electron chi connectivity index (χ2n) is 5.69. The van der Waals surface area contributed by atoms with Crippen LogP contribution in [0.15, 0.2) is 52.4 Å². The van der Waals surface area contributed by atoms with Crippen molar-refractivity contribution in [1.82, 2.24) is 5.32 Å². The highest BCUT2D eigenvalue weighted by Gasteiger charge is 2.23. The van der Waals surface area contributed by atoms with Crippen LogP contribution < -0.4 is 10.1 Å². The molecule has 0 atom stereocenters. The van der Waals surface area contributed by atoms with Crippen molar-refractivity contribution >= 4 is 52.2 Å². The zero-order chi connectivity index (χ0) is 19.4. The molecule has 1 fully saturated rings. The third-order valence-corrected chi connectivity index (χ3v) is 4.73. The Balaban J connectivity index is 1.75. The fraction of sp³-hybridized carbons (Fsp3) is 0.105. The Hall–Kier alpha value is -2.77. The van der Waals surface area contributed by atoms with Crippen LogP contribution in [0.5, 0.6) is 5.75 Å². The van der Waals surface area contributed by atoms with Gasteiger partial charge in [-0.25, -0.2) is 9.79 Å². The van der Waals surface area contributed by atoms with Crippen LogP contribution in [-0.4, -0.2) is 28.8 Å². The number of amidine groups is 1. The molecule has 1 amide bonds. The first-order chi connectivity index (χ1) is 12.9. The number of amides is 1. The van der Waals surface area contributed by atoms with E-state index in [0.717, 1.165) is 11.3 Å². The van der Waals surface area contributed by atoms with Gasteiger partial charge in [-0.1, -0.05) is 35.4 Å². The molecule has 0 spiro atoms. The summed E-state index contributed by atoms with van der Waals surface area (Å²) < 4.78 is 5.08. The molecule has 0 unspecified atom stereocenters. The molecule has 0 bridgehead atoms. The number of carbonyl (C=O) groups excluding carboxylic acids is 1. The number of hydrogen-bond acceptors (Lipinski definition) is 5. The number of carboxylic acids is 1. The van der Waals surface area contributed by atoms with E-state index in [1.165, 1.54) is 11.8 Å². The maximum Gasteiger partial charge on any atom is 0.341 e. The lowest BCUT2D eigenvalue weighted by atomic mass is 10.2. The molecule has 6 nitrogen and oxygen atoms in total. The topological polar surface area (TPSA) is 88.0 Å². The molecule has 2 N–H and O–H groups in total. The number of nitrogens with one attached hydrogen (secondary N) is 1. The van der Waals surface area contributed by atoms with E-state index in [4.69, 9.17) is 21.4 Å². The van der Waals surface area contributed by atoms with Gasteiger partial charge in [-0.05, 0) is 54.6 Å². The van der Waals surface area contributed by atoms with Crippen molar-refractivity contribution in [2.45, 2.75) is 6.92 Å². The predicted octanol–water partition coefficient (Wildman–Crippen LogP) is 4.00. The van der Waals surface area contributed by atoms with E-state index in [9.17, 15) is 9.59 Å². The van der Waals surface area contributed by atoms with Crippen molar-refractivity contribution in [1.29, 1.82) is 0 Å². The largest absolute Gasteiger partial charge is 0.480 e. The predicted molar refractivity (Wildman–Crippen MR) is 107 cm³/mol. The van der Waals surface area contributed by atoms with Crippen molar-refractivity contribution < 1.29 is 19.4 Å². The van der Waals surface area contributed by atoms with Gasteiger partial charge in [-0.15, -0.1) is 0 Å². The number of aryl methyl sites for hydroxylation is 1. The summed E-state index contributed by atoms with van der Waals surface area (Å²) in [6.45, 7) is 1.52. The second kappa shape index (κ2) is 8.28. The molecule has 2 aromatic rings. The molecule has 138 valence electrons. The van der Waals surface area contributed by atoms with E-state index in [-0.39, 0.29) is 16.7 Å². The van der Waals surface area contributed by atoms with Gasteiger partial charge in [0.2, 0.25) is 0 Å².